The molecule has 2 heteroatoms. The number of benzene rings is 1. The van der Waals surface area contributed by atoms with Crippen molar-refractivity contribution in [2.45, 2.75) is 20.8 Å². The Bertz CT molecular complexity index is 471. The molecular weight excluding hydrogens is 174 g/mol. The molecule has 0 aliphatic rings. The quantitative estimate of drug-likeness (QED) is 0.679. The van der Waals surface area contributed by atoms with Crippen LogP contribution in [0.4, 0.5) is 0 Å². The van der Waals surface area contributed by atoms with Gasteiger partial charge in [0.15, 0.2) is 0 Å². The zero-order valence-electron chi connectivity index (χ0n) is 8.79. The van der Waals surface area contributed by atoms with E-state index in [1.165, 1.54) is 6.07 Å². The van der Waals surface area contributed by atoms with Crippen LogP contribution in [0.3, 0.4) is 0 Å². The summed E-state index contributed by atoms with van der Waals surface area (Å²) in [4.78, 5) is 13.7. The summed E-state index contributed by atoms with van der Waals surface area (Å²) in [5.74, 6) is 0. The van der Waals surface area contributed by atoms with E-state index >= 15 is 0 Å². The Morgan fingerprint density at radius 2 is 1.71 bits per heavy atom. The molecule has 74 valence electrons. The first-order valence-electron chi connectivity index (χ1n) is 4.85. The molecule has 2 nitrogen and oxygen atoms in total. The van der Waals surface area contributed by atoms with Crippen LogP contribution in [0, 0.1) is 6.92 Å². The SMILES string of the molecule is CC.Cc1ccc2ccc(=O)[nH]c2c1. The average molecular weight is 189 g/mol. The van der Waals surface area contributed by atoms with Gasteiger partial charge in [-0.25, -0.2) is 0 Å². The largest absolute Gasteiger partial charge is 0.322 e. The standard InChI is InChI=1S/C10H9NO.C2H6/c1-7-2-3-8-4-5-10(12)11-9(8)6-7;1-2/h2-6H,1H3,(H,11,12);1-2H3. The van der Waals surface area contributed by atoms with Gasteiger partial charge in [-0.3, -0.25) is 4.79 Å². The molecule has 2 rings (SSSR count). The molecule has 2 aromatic rings. The predicted octanol–water partition coefficient (Wildman–Crippen LogP) is 2.86. The first-order chi connectivity index (χ1) is 6.75. The highest BCUT2D eigenvalue weighted by molar-refractivity contribution is 5.78. The first kappa shape index (κ1) is 10.5. The molecule has 0 saturated carbocycles. The third-order valence-corrected chi connectivity index (χ3v) is 1.88. The highest BCUT2D eigenvalue weighted by Crippen LogP contribution is 2.10. The summed E-state index contributed by atoms with van der Waals surface area (Å²) in [5, 5.41) is 1.07. The number of fused-ring (bicyclic) bond motifs is 1. The van der Waals surface area contributed by atoms with Gasteiger partial charge in [-0.05, 0) is 30.0 Å². The van der Waals surface area contributed by atoms with Crippen LogP contribution < -0.4 is 5.56 Å². The molecule has 0 aliphatic carbocycles. The van der Waals surface area contributed by atoms with Crippen LogP contribution in [0.25, 0.3) is 10.9 Å². The molecule has 0 radical (unpaired) electrons. The van der Waals surface area contributed by atoms with E-state index in [0.717, 1.165) is 16.5 Å². The minimum Gasteiger partial charge on any atom is -0.322 e. The van der Waals surface area contributed by atoms with Crippen LogP contribution in [-0.2, 0) is 0 Å². The van der Waals surface area contributed by atoms with Crippen LogP contribution in [0.15, 0.2) is 35.1 Å². The minimum atomic E-state index is -0.0481. The number of aromatic nitrogens is 1. The zero-order chi connectivity index (χ0) is 10.6. The van der Waals surface area contributed by atoms with E-state index < -0.39 is 0 Å². The number of hydrogen-bond donors (Lipinski definition) is 1. The lowest BCUT2D eigenvalue weighted by molar-refractivity contribution is 1.30. The maximum atomic E-state index is 10.9. The highest BCUT2D eigenvalue weighted by Gasteiger charge is 1.92. The number of rotatable bonds is 0. The van der Waals surface area contributed by atoms with Crippen LogP contribution in [0.5, 0.6) is 0 Å². The summed E-state index contributed by atoms with van der Waals surface area (Å²) < 4.78 is 0. The fourth-order valence-corrected chi connectivity index (χ4v) is 1.26. The van der Waals surface area contributed by atoms with Crippen molar-refractivity contribution in [2.75, 3.05) is 0 Å². The third kappa shape index (κ3) is 2.22. The van der Waals surface area contributed by atoms with Crippen molar-refractivity contribution in [2.24, 2.45) is 0 Å². The molecule has 1 aromatic carbocycles. The lowest BCUT2D eigenvalue weighted by Crippen LogP contribution is -2.01. The summed E-state index contributed by atoms with van der Waals surface area (Å²) in [6.45, 7) is 6.00. The summed E-state index contributed by atoms with van der Waals surface area (Å²) >= 11 is 0. The Balaban J connectivity index is 0.000000461. The van der Waals surface area contributed by atoms with Crippen LogP contribution in [-0.4, -0.2) is 4.98 Å². The van der Waals surface area contributed by atoms with E-state index in [0.29, 0.717) is 0 Å². The third-order valence-electron chi connectivity index (χ3n) is 1.88. The molecule has 0 aliphatic heterocycles. The van der Waals surface area contributed by atoms with E-state index in [1.807, 2.05) is 45.0 Å². The smallest absolute Gasteiger partial charge is 0.248 e. The Morgan fingerprint density at radius 3 is 2.43 bits per heavy atom. The fraction of sp³-hybridized carbons (Fsp3) is 0.250. The maximum Gasteiger partial charge on any atom is 0.248 e. The van der Waals surface area contributed by atoms with Crippen molar-refractivity contribution < 1.29 is 0 Å². The number of hydrogen-bond acceptors (Lipinski definition) is 1. The Labute approximate surface area is 83.6 Å². The van der Waals surface area contributed by atoms with Gasteiger partial charge >= 0.3 is 0 Å². The van der Waals surface area contributed by atoms with Gasteiger partial charge in [0, 0.05) is 11.6 Å². The van der Waals surface area contributed by atoms with Gasteiger partial charge in [-0.1, -0.05) is 26.0 Å². The number of aromatic amines is 1. The van der Waals surface area contributed by atoms with Crippen LogP contribution in [0.2, 0.25) is 0 Å². The molecule has 0 atom stereocenters. The number of aryl methyl sites for hydroxylation is 1. The normalized spacial score (nSPS) is 9.36. The molecule has 14 heavy (non-hydrogen) atoms. The van der Waals surface area contributed by atoms with Crippen LogP contribution >= 0.6 is 0 Å². The number of H-pyrrole nitrogens is 1. The molecule has 0 fully saturated rings. The van der Waals surface area contributed by atoms with Gasteiger partial charge in [0.05, 0.1) is 0 Å². The van der Waals surface area contributed by atoms with Gasteiger partial charge in [0.2, 0.25) is 5.56 Å². The monoisotopic (exact) mass is 189 g/mol. The molecule has 0 saturated heterocycles. The molecule has 1 N–H and O–H groups in total. The predicted molar refractivity (Wildman–Crippen MR) is 60.7 cm³/mol. The van der Waals surface area contributed by atoms with Gasteiger partial charge in [0.1, 0.15) is 0 Å². The fourth-order valence-electron chi connectivity index (χ4n) is 1.26. The number of pyridine rings is 1. The summed E-state index contributed by atoms with van der Waals surface area (Å²) in [6.07, 6.45) is 0. The van der Waals surface area contributed by atoms with Crippen molar-refractivity contribution in [1.82, 2.24) is 4.98 Å². The summed E-state index contributed by atoms with van der Waals surface area (Å²) in [7, 11) is 0. The Hall–Kier alpha value is -1.57. The molecule has 1 aromatic heterocycles. The topological polar surface area (TPSA) is 32.9 Å². The van der Waals surface area contributed by atoms with Gasteiger partial charge in [-0.2, -0.15) is 0 Å². The molecule has 0 bridgehead atoms. The Morgan fingerprint density at radius 1 is 1.07 bits per heavy atom. The van der Waals surface area contributed by atoms with Crippen LogP contribution in [0.1, 0.15) is 19.4 Å². The molecule has 0 unspecified atom stereocenters. The van der Waals surface area contributed by atoms with Crippen molar-refractivity contribution in [3.63, 3.8) is 0 Å². The van der Waals surface area contributed by atoms with Crippen molar-refractivity contribution in [1.29, 1.82) is 0 Å². The first-order valence-corrected chi connectivity index (χ1v) is 4.85. The molecule has 1 heterocycles. The minimum absolute atomic E-state index is 0.0481. The maximum absolute atomic E-state index is 10.9. The van der Waals surface area contributed by atoms with Crippen molar-refractivity contribution >= 4 is 10.9 Å². The summed E-state index contributed by atoms with van der Waals surface area (Å²) in [5.41, 5.74) is 2.01. The summed E-state index contributed by atoms with van der Waals surface area (Å²) in [6, 6.07) is 9.36. The van der Waals surface area contributed by atoms with Crippen molar-refractivity contribution in [3.05, 3.63) is 46.2 Å². The van der Waals surface area contributed by atoms with E-state index in [-0.39, 0.29) is 5.56 Å². The zero-order valence-corrected chi connectivity index (χ0v) is 8.79. The van der Waals surface area contributed by atoms with E-state index in [1.54, 1.807) is 0 Å². The van der Waals surface area contributed by atoms with Crippen molar-refractivity contribution in [3.8, 4) is 0 Å². The molecule has 0 amide bonds. The second-order valence-corrected chi connectivity index (χ2v) is 2.91. The van der Waals surface area contributed by atoms with E-state index in [2.05, 4.69) is 4.98 Å². The Kier molecular flexibility index (Phi) is 3.46. The lowest BCUT2D eigenvalue weighted by Gasteiger charge is -1.97. The number of nitrogens with one attached hydrogen (secondary N) is 1. The average Bonchev–Trinajstić information content (AvgIpc) is 2.20. The van der Waals surface area contributed by atoms with Gasteiger partial charge in [-0.15, -0.1) is 0 Å². The highest BCUT2D eigenvalue weighted by atomic mass is 16.1. The lowest BCUT2D eigenvalue weighted by atomic mass is 10.1. The van der Waals surface area contributed by atoms with E-state index in [9.17, 15) is 4.79 Å². The molecular formula is C12H15NO. The van der Waals surface area contributed by atoms with E-state index in [4.69, 9.17) is 0 Å². The van der Waals surface area contributed by atoms with Gasteiger partial charge in [0.25, 0.3) is 0 Å². The van der Waals surface area contributed by atoms with Gasteiger partial charge < -0.3 is 4.98 Å². The second-order valence-electron chi connectivity index (χ2n) is 2.91. The molecule has 0 spiro atoms. The second kappa shape index (κ2) is 4.61.